The van der Waals surface area contributed by atoms with Gasteiger partial charge in [0.25, 0.3) is 0 Å². The third-order valence-electron chi connectivity index (χ3n) is 6.17. The number of carbonyl (C=O) groups is 2. The monoisotopic (exact) mass is 465 g/mol. The van der Waals surface area contributed by atoms with Gasteiger partial charge in [0.2, 0.25) is 0 Å². The van der Waals surface area contributed by atoms with Gasteiger partial charge in [-0.25, -0.2) is 4.79 Å². The maximum atomic E-state index is 13.6. The molecule has 33 heavy (non-hydrogen) atoms. The van der Waals surface area contributed by atoms with E-state index in [0.717, 1.165) is 16.8 Å². The topological polar surface area (TPSA) is 64.6 Å². The molecule has 2 aromatic rings. The zero-order valence-electron chi connectivity index (χ0n) is 19.3. The van der Waals surface area contributed by atoms with E-state index in [1.54, 1.807) is 0 Å². The summed E-state index contributed by atoms with van der Waals surface area (Å²) in [4.78, 5) is 26.5. The number of esters is 1. The largest absolute Gasteiger partial charge is 0.491 e. The molecule has 0 saturated carbocycles. The SMILES string of the molecule is COC(=O)C1=C(C)NC2=C(C(=O)C[C@H](c3ccc(Cl)cc3)C2)[C@H]1c1ccccc1OC(C)C. The highest BCUT2D eigenvalue weighted by molar-refractivity contribution is 6.30. The molecule has 0 saturated heterocycles. The molecule has 0 aromatic heterocycles. The van der Waals surface area contributed by atoms with Gasteiger partial charge in [-0.3, -0.25) is 4.79 Å². The highest BCUT2D eigenvalue weighted by atomic mass is 35.5. The highest BCUT2D eigenvalue weighted by Crippen LogP contribution is 2.47. The molecule has 2 aliphatic rings. The van der Waals surface area contributed by atoms with E-state index in [1.165, 1.54) is 7.11 Å². The van der Waals surface area contributed by atoms with Crippen LogP contribution in [0, 0.1) is 0 Å². The normalized spacial score (nSPS) is 20.5. The van der Waals surface area contributed by atoms with Crippen LogP contribution in [0.15, 0.2) is 71.1 Å². The fourth-order valence-electron chi connectivity index (χ4n) is 4.78. The van der Waals surface area contributed by atoms with Crippen LogP contribution in [0.25, 0.3) is 0 Å². The van der Waals surface area contributed by atoms with E-state index in [1.807, 2.05) is 69.3 Å². The van der Waals surface area contributed by atoms with E-state index in [9.17, 15) is 9.59 Å². The maximum absolute atomic E-state index is 13.6. The molecule has 0 radical (unpaired) electrons. The standard InChI is InChI=1S/C27H28ClNO4/c1-15(2)33-23-8-6-5-7-20(23)25-24(27(31)32-4)16(3)29-21-13-18(14-22(30)26(21)25)17-9-11-19(28)12-10-17/h5-12,15,18,25,29H,13-14H2,1-4H3/t18-,25+/m1/s1. The molecule has 5 nitrogen and oxygen atoms in total. The quantitative estimate of drug-likeness (QED) is 0.577. The van der Waals surface area contributed by atoms with Crippen molar-refractivity contribution in [3.63, 3.8) is 0 Å². The van der Waals surface area contributed by atoms with Crippen molar-refractivity contribution in [1.82, 2.24) is 5.32 Å². The van der Waals surface area contributed by atoms with Gasteiger partial charge < -0.3 is 14.8 Å². The first-order chi connectivity index (χ1) is 15.8. The predicted molar refractivity (Wildman–Crippen MR) is 128 cm³/mol. The lowest BCUT2D eigenvalue weighted by molar-refractivity contribution is -0.136. The Morgan fingerprint density at radius 3 is 2.45 bits per heavy atom. The number of nitrogens with one attached hydrogen (secondary N) is 1. The number of para-hydroxylation sites is 1. The van der Waals surface area contributed by atoms with E-state index in [2.05, 4.69) is 5.32 Å². The van der Waals surface area contributed by atoms with Crippen LogP contribution in [0.5, 0.6) is 5.75 Å². The number of ether oxygens (including phenoxy) is 2. The van der Waals surface area contributed by atoms with E-state index < -0.39 is 11.9 Å². The van der Waals surface area contributed by atoms with Crippen LogP contribution in [-0.2, 0) is 14.3 Å². The Morgan fingerprint density at radius 1 is 1.09 bits per heavy atom. The second-order valence-corrected chi connectivity index (χ2v) is 9.20. The molecule has 0 fully saturated rings. The minimum absolute atomic E-state index is 0.0157. The van der Waals surface area contributed by atoms with Crippen molar-refractivity contribution in [1.29, 1.82) is 0 Å². The van der Waals surface area contributed by atoms with Crippen LogP contribution >= 0.6 is 11.6 Å². The van der Waals surface area contributed by atoms with Crippen molar-refractivity contribution in [2.75, 3.05) is 7.11 Å². The van der Waals surface area contributed by atoms with E-state index in [0.29, 0.717) is 40.5 Å². The third-order valence-corrected chi connectivity index (χ3v) is 6.42. The summed E-state index contributed by atoms with van der Waals surface area (Å²) in [5, 5.41) is 4.02. The summed E-state index contributed by atoms with van der Waals surface area (Å²) in [6.45, 7) is 5.76. The molecule has 1 aliphatic carbocycles. The van der Waals surface area contributed by atoms with Gasteiger partial charge in [0.15, 0.2) is 5.78 Å². The molecular formula is C27H28ClNO4. The van der Waals surface area contributed by atoms with E-state index in [4.69, 9.17) is 21.1 Å². The van der Waals surface area contributed by atoms with E-state index in [-0.39, 0.29) is 17.8 Å². The number of dihydropyridines is 1. The van der Waals surface area contributed by atoms with Crippen LogP contribution in [-0.4, -0.2) is 25.0 Å². The molecule has 0 amide bonds. The summed E-state index contributed by atoms with van der Waals surface area (Å²) in [7, 11) is 1.36. The van der Waals surface area contributed by atoms with Crippen LogP contribution in [0.3, 0.4) is 0 Å². The Bertz CT molecular complexity index is 1150. The molecule has 1 N–H and O–H groups in total. The number of hydrogen-bond donors (Lipinski definition) is 1. The van der Waals surface area contributed by atoms with E-state index >= 15 is 0 Å². The Kier molecular flexibility index (Phi) is 6.61. The number of Topliss-reactive ketones (excluding diaryl/α,β-unsaturated/α-hetero) is 1. The lowest BCUT2D eigenvalue weighted by atomic mass is 9.71. The fourth-order valence-corrected chi connectivity index (χ4v) is 4.91. The minimum Gasteiger partial charge on any atom is -0.491 e. The molecule has 6 heteroatoms. The molecule has 172 valence electrons. The van der Waals surface area contributed by atoms with Crippen LogP contribution in [0.1, 0.15) is 56.6 Å². The summed E-state index contributed by atoms with van der Waals surface area (Å²) in [5.41, 5.74) is 4.45. The molecule has 2 aromatic carbocycles. The van der Waals surface area contributed by atoms with Gasteiger partial charge in [0.1, 0.15) is 5.75 Å². The number of allylic oxidation sites excluding steroid dienone is 3. The van der Waals surface area contributed by atoms with Gasteiger partial charge in [-0.05, 0) is 56.9 Å². The minimum atomic E-state index is -0.553. The third kappa shape index (κ3) is 4.55. The fraction of sp³-hybridized carbons (Fsp3) is 0.333. The van der Waals surface area contributed by atoms with Crippen molar-refractivity contribution in [2.24, 2.45) is 0 Å². The Balaban J connectivity index is 1.83. The summed E-state index contributed by atoms with van der Waals surface area (Å²) in [5.74, 6) is -0.294. The van der Waals surface area contributed by atoms with Crippen molar-refractivity contribution in [2.45, 2.75) is 51.6 Å². The van der Waals surface area contributed by atoms with Crippen molar-refractivity contribution in [3.05, 3.63) is 87.2 Å². The summed E-state index contributed by atoms with van der Waals surface area (Å²) >= 11 is 6.06. The average Bonchev–Trinajstić information content (AvgIpc) is 2.78. The molecule has 1 heterocycles. The Morgan fingerprint density at radius 2 is 1.79 bits per heavy atom. The summed E-state index contributed by atoms with van der Waals surface area (Å²) < 4.78 is 11.2. The first kappa shape index (κ1) is 23.1. The van der Waals surface area contributed by atoms with Crippen molar-refractivity contribution >= 4 is 23.4 Å². The van der Waals surface area contributed by atoms with Crippen molar-refractivity contribution < 1.29 is 19.1 Å². The lowest BCUT2D eigenvalue weighted by Crippen LogP contribution is -2.36. The lowest BCUT2D eigenvalue weighted by Gasteiger charge is -2.37. The number of carbonyl (C=O) groups excluding carboxylic acids is 2. The van der Waals surface area contributed by atoms with Gasteiger partial charge in [0, 0.05) is 34.0 Å². The zero-order chi connectivity index (χ0) is 23.7. The number of benzene rings is 2. The van der Waals surface area contributed by atoms with Gasteiger partial charge in [-0.2, -0.15) is 0 Å². The summed E-state index contributed by atoms with van der Waals surface area (Å²) in [6.07, 6.45) is 0.974. The second kappa shape index (κ2) is 9.44. The molecule has 4 rings (SSSR count). The maximum Gasteiger partial charge on any atom is 0.336 e. The van der Waals surface area contributed by atoms with Crippen LogP contribution in [0.2, 0.25) is 5.02 Å². The number of rotatable bonds is 5. The van der Waals surface area contributed by atoms with Gasteiger partial charge in [-0.1, -0.05) is 41.9 Å². The predicted octanol–water partition coefficient (Wildman–Crippen LogP) is 5.66. The van der Waals surface area contributed by atoms with Gasteiger partial charge in [0.05, 0.1) is 24.7 Å². The first-order valence-corrected chi connectivity index (χ1v) is 11.5. The first-order valence-electron chi connectivity index (χ1n) is 11.1. The number of methoxy groups -OCH3 is 1. The summed E-state index contributed by atoms with van der Waals surface area (Å²) in [6, 6.07) is 15.2. The zero-order valence-corrected chi connectivity index (χ0v) is 20.0. The molecule has 0 spiro atoms. The van der Waals surface area contributed by atoms with Crippen LogP contribution in [0.4, 0.5) is 0 Å². The Labute approximate surface area is 199 Å². The molecule has 2 atom stereocenters. The van der Waals surface area contributed by atoms with Crippen LogP contribution < -0.4 is 10.1 Å². The second-order valence-electron chi connectivity index (χ2n) is 8.76. The van der Waals surface area contributed by atoms with Gasteiger partial charge in [-0.15, -0.1) is 0 Å². The average molecular weight is 466 g/mol. The molecule has 0 bridgehead atoms. The smallest absolute Gasteiger partial charge is 0.336 e. The molecular weight excluding hydrogens is 438 g/mol. The molecule has 0 unspecified atom stereocenters. The number of hydrogen-bond acceptors (Lipinski definition) is 5. The highest BCUT2D eigenvalue weighted by Gasteiger charge is 2.42. The molecule has 1 aliphatic heterocycles. The van der Waals surface area contributed by atoms with Gasteiger partial charge >= 0.3 is 5.97 Å². The van der Waals surface area contributed by atoms with Crippen molar-refractivity contribution in [3.8, 4) is 5.75 Å². The Hall–Kier alpha value is -3.05. The number of halogens is 1. The number of ketones is 1.